The third-order valence-electron chi connectivity index (χ3n) is 3.47. The van der Waals surface area contributed by atoms with Gasteiger partial charge in [-0.05, 0) is 49.4 Å². The lowest BCUT2D eigenvalue weighted by Gasteiger charge is -2.17. The molecule has 0 saturated carbocycles. The molecule has 0 spiro atoms. The maximum Gasteiger partial charge on any atom is 0.303 e. The average molecular weight is 298 g/mol. The molecule has 2 aromatic carbocycles. The first kappa shape index (κ1) is 16.1. The van der Waals surface area contributed by atoms with Crippen LogP contribution in [0.3, 0.4) is 0 Å². The Morgan fingerprint density at radius 3 is 2.23 bits per heavy atom. The summed E-state index contributed by atoms with van der Waals surface area (Å²) in [7, 11) is 0. The standard InChI is InChI=1S/C19H22O3/c1-14(2)22-18-10-8-16(9-11-18)17(13-19(20)21)12-15-6-4-3-5-7-15/h3-11,14,17H,12-13H2,1-2H3,(H,20,21)/t17-/m1/s1. The molecule has 3 nitrogen and oxygen atoms in total. The van der Waals surface area contributed by atoms with Crippen LogP contribution in [0.1, 0.15) is 37.3 Å². The quantitative estimate of drug-likeness (QED) is 0.830. The van der Waals surface area contributed by atoms with Gasteiger partial charge in [0, 0.05) is 0 Å². The molecule has 3 heteroatoms. The second-order valence-corrected chi connectivity index (χ2v) is 5.72. The van der Waals surface area contributed by atoms with Crippen molar-refractivity contribution in [2.24, 2.45) is 0 Å². The van der Waals surface area contributed by atoms with E-state index in [1.54, 1.807) is 0 Å². The van der Waals surface area contributed by atoms with Crippen molar-refractivity contribution >= 4 is 5.97 Å². The molecule has 1 atom stereocenters. The number of hydrogen-bond donors (Lipinski definition) is 1. The smallest absolute Gasteiger partial charge is 0.303 e. The van der Waals surface area contributed by atoms with Crippen LogP contribution in [-0.2, 0) is 11.2 Å². The monoisotopic (exact) mass is 298 g/mol. The summed E-state index contributed by atoms with van der Waals surface area (Å²) in [5.41, 5.74) is 2.18. The van der Waals surface area contributed by atoms with E-state index in [4.69, 9.17) is 4.74 Å². The van der Waals surface area contributed by atoms with Crippen molar-refractivity contribution < 1.29 is 14.6 Å². The Morgan fingerprint density at radius 2 is 1.68 bits per heavy atom. The Balaban J connectivity index is 2.16. The van der Waals surface area contributed by atoms with Crippen molar-refractivity contribution in [3.8, 4) is 5.75 Å². The molecule has 0 aliphatic rings. The summed E-state index contributed by atoms with van der Waals surface area (Å²) in [5, 5.41) is 9.17. The molecule has 0 bridgehead atoms. The first-order valence-corrected chi connectivity index (χ1v) is 7.57. The fourth-order valence-electron chi connectivity index (χ4n) is 2.51. The molecule has 2 rings (SSSR count). The summed E-state index contributed by atoms with van der Waals surface area (Å²) in [4.78, 5) is 11.2. The summed E-state index contributed by atoms with van der Waals surface area (Å²) >= 11 is 0. The van der Waals surface area contributed by atoms with Crippen LogP contribution >= 0.6 is 0 Å². The van der Waals surface area contributed by atoms with E-state index in [0.717, 1.165) is 23.3 Å². The number of carbonyl (C=O) groups is 1. The van der Waals surface area contributed by atoms with Crippen LogP contribution in [0.4, 0.5) is 0 Å². The van der Waals surface area contributed by atoms with Crippen LogP contribution in [0.15, 0.2) is 54.6 Å². The lowest BCUT2D eigenvalue weighted by Crippen LogP contribution is -2.10. The van der Waals surface area contributed by atoms with E-state index in [1.165, 1.54) is 0 Å². The van der Waals surface area contributed by atoms with E-state index < -0.39 is 5.97 Å². The zero-order valence-electron chi connectivity index (χ0n) is 13.0. The predicted molar refractivity (Wildman–Crippen MR) is 87.3 cm³/mol. The summed E-state index contributed by atoms with van der Waals surface area (Å²) in [6.07, 6.45) is 0.974. The lowest BCUT2D eigenvalue weighted by atomic mass is 9.89. The van der Waals surface area contributed by atoms with Gasteiger partial charge >= 0.3 is 5.97 Å². The summed E-state index contributed by atoms with van der Waals surface area (Å²) in [6, 6.07) is 17.7. The molecule has 0 heterocycles. The van der Waals surface area contributed by atoms with E-state index in [2.05, 4.69) is 0 Å². The van der Waals surface area contributed by atoms with Gasteiger partial charge in [-0.25, -0.2) is 0 Å². The zero-order valence-corrected chi connectivity index (χ0v) is 13.0. The zero-order chi connectivity index (χ0) is 15.9. The SMILES string of the molecule is CC(C)Oc1ccc([C@@H](CC(=O)O)Cc2ccccc2)cc1. The van der Waals surface area contributed by atoms with Crippen LogP contribution < -0.4 is 4.74 Å². The Hall–Kier alpha value is -2.29. The number of carboxylic acids is 1. The molecule has 116 valence electrons. The molecular weight excluding hydrogens is 276 g/mol. The highest BCUT2D eigenvalue weighted by atomic mass is 16.5. The van der Waals surface area contributed by atoms with Gasteiger partial charge in [0.15, 0.2) is 0 Å². The van der Waals surface area contributed by atoms with E-state index in [0.29, 0.717) is 0 Å². The fourth-order valence-corrected chi connectivity index (χ4v) is 2.51. The molecule has 0 aromatic heterocycles. The average Bonchev–Trinajstić information content (AvgIpc) is 2.47. The topological polar surface area (TPSA) is 46.5 Å². The van der Waals surface area contributed by atoms with E-state index in [-0.39, 0.29) is 18.4 Å². The Morgan fingerprint density at radius 1 is 1.05 bits per heavy atom. The first-order valence-electron chi connectivity index (χ1n) is 7.57. The number of hydrogen-bond acceptors (Lipinski definition) is 2. The molecule has 0 aliphatic heterocycles. The minimum absolute atomic E-state index is 0.0343. The van der Waals surface area contributed by atoms with Crippen LogP contribution in [0.2, 0.25) is 0 Å². The highest BCUT2D eigenvalue weighted by Gasteiger charge is 2.16. The van der Waals surface area contributed by atoms with Gasteiger partial charge in [-0.3, -0.25) is 4.79 Å². The highest BCUT2D eigenvalue weighted by molar-refractivity contribution is 5.68. The maximum absolute atomic E-state index is 11.2. The van der Waals surface area contributed by atoms with Crippen molar-refractivity contribution in [2.75, 3.05) is 0 Å². The van der Waals surface area contributed by atoms with Crippen LogP contribution in [0.5, 0.6) is 5.75 Å². The van der Waals surface area contributed by atoms with Gasteiger partial charge in [0.1, 0.15) is 5.75 Å². The second kappa shape index (κ2) is 7.64. The Bertz CT molecular complexity index is 588. The number of rotatable bonds is 7. The van der Waals surface area contributed by atoms with Gasteiger partial charge in [0.25, 0.3) is 0 Å². The highest BCUT2D eigenvalue weighted by Crippen LogP contribution is 2.26. The number of benzene rings is 2. The predicted octanol–water partition coefficient (Wildman–Crippen LogP) is 4.27. The lowest BCUT2D eigenvalue weighted by molar-refractivity contribution is -0.137. The maximum atomic E-state index is 11.2. The molecule has 22 heavy (non-hydrogen) atoms. The van der Waals surface area contributed by atoms with Gasteiger partial charge in [0.2, 0.25) is 0 Å². The van der Waals surface area contributed by atoms with Gasteiger partial charge in [-0.1, -0.05) is 42.5 Å². The van der Waals surface area contributed by atoms with Gasteiger partial charge in [0.05, 0.1) is 12.5 Å². The number of ether oxygens (including phenoxy) is 1. The Kier molecular flexibility index (Phi) is 5.59. The molecule has 0 fully saturated rings. The molecule has 0 aliphatic carbocycles. The van der Waals surface area contributed by atoms with Gasteiger partial charge in [-0.2, -0.15) is 0 Å². The van der Waals surface area contributed by atoms with E-state index in [1.807, 2.05) is 68.4 Å². The first-order chi connectivity index (χ1) is 10.5. The molecule has 0 radical (unpaired) electrons. The van der Waals surface area contributed by atoms with Crippen LogP contribution in [0, 0.1) is 0 Å². The van der Waals surface area contributed by atoms with Crippen molar-refractivity contribution in [1.82, 2.24) is 0 Å². The summed E-state index contributed by atoms with van der Waals surface area (Å²) in [5.74, 6) is 0.00368. The summed E-state index contributed by atoms with van der Waals surface area (Å²) < 4.78 is 5.63. The molecule has 0 saturated heterocycles. The summed E-state index contributed by atoms with van der Waals surface area (Å²) in [6.45, 7) is 3.97. The van der Waals surface area contributed by atoms with Crippen molar-refractivity contribution in [1.29, 1.82) is 0 Å². The molecular formula is C19H22O3. The largest absolute Gasteiger partial charge is 0.491 e. The van der Waals surface area contributed by atoms with Crippen molar-refractivity contribution in [3.63, 3.8) is 0 Å². The van der Waals surface area contributed by atoms with Crippen molar-refractivity contribution in [2.45, 2.75) is 38.7 Å². The van der Waals surface area contributed by atoms with Crippen LogP contribution in [-0.4, -0.2) is 17.2 Å². The fraction of sp³-hybridized carbons (Fsp3) is 0.316. The molecule has 0 amide bonds. The van der Waals surface area contributed by atoms with Gasteiger partial charge < -0.3 is 9.84 Å². The van der Waals surface area contributed by atoms with E-state index >= 15 is 0 Å². The number of carboxylic acid groups (broad SMARTS) is 1. The second-order valence-electron chi connectivity index (χ2n) is 5.72. The Labute approximate surface area is 131 Å². The molecule has 0 unspecified atom stereocenters. The molecule has 1 N–H and O–H groups in total. The number of aliphatic carboxylic acids is 1. The van der Waals surface area contributed by atoms with Crippen LogP contribution in [0.25, 0.3) is 0 Å². The third kappa shape index (κ3) is 4.92. The molecule has 2 aromatic rings. The van der Waals surface area contributed by atoms with Crippen molar-refractivity contribution in [3.05, 3.63) is 65.7 Å². The van der Waals surface area contributed by atoms with Gasteiger partial charge in [-0.15, -0.1) is 0 Å². The minimum Gasteiger partial charge on any atom is -0.491 e. The van der Waals surface area contributed by atoms with E-state index in [9.17, 15) is 9.90 Å². The minimum atomic E-state index is -0.775. The normalized spacial score (nSPS) is 12.1. The third-order valence-corrected chi connectivity index (χ3v) is 3.47.